The number of nitrogens with one attached hydrogen (secondary N) is 2. The third-order valence-electron chi connectivity index (χ3n) is 4.43. The maximum atomic E-state index is 9.50. The average molecular weight is 369 g/mol. The van der Waals surface area contributed by atoms with Crippen LogP contribution >= 0.6 is 0 Å². The van der Waals surface area contributed by atoms with Crippen molar-refractivity contribution in [2.45, 2.75) is 45.8 Å². The normalized spacial score (nSPS) is 12.5. The summed E-state index contributed by atoms with van der Waals surface area (Å²) in [4.78, 5) is 13.7. The van der Waals surface area contributed by atoms with E-state index < -0.39 is 0 Å². The number of imidazole rings is 1. The van der Waals surface area contributed by atoms with Crippen molar-refractivity contribution in [3.63, 3.8) is 0 Å². The zero-order valence-electron chi connectivity index (χ0n) is 16.0. The van der Waals surface area contributed by atoms with Crippen molar-refractivity contribution in [1.82, 2.24) is 19.5 Å². The van der Waals surface area contributed by atoms with Gasteiger partial charge in [-0.15, -0.1) is 0 Å². The Morgan fingerprint density at radius 1 is 1.15 bits per heavy atom. The number of rotatable bonds is 8. The predicted molar refractivity (Wildman–Crippen MR) is 109 cm³/mol. The van der Waals surface area contributed by atoms with Crippen molar-refractivity contribution in [2.75, 3.05) is 23.0 Å². The van der Waals surface area contributed by atoms with Crippen LogP contribution in [0.5, 0.6) is 0 Å². The van der Waals surface area contributed by atoms with Crippen LogP contribution < -0.4 is 16.4 Å². The summed E-state index contributed by atoms with van der Waals surface area (Å²) < 4.78 is 1.88. The van der Waals surface area contributed by atoms with E-state index in [0.29, 0.717) is 35.4 Å². The van der Waals surface area contributed by atoms with Gasteiger partial charge < -0.3 is 21.5 Å². The predicted octanol–water partition coefficient (Wildman–Crippen LogP) is 2.78. The van der Waals surface area contributed by atoms with Gasteiger partial charge in [0.15, 0.2) is 17.0 Å². The van der Waals surface area contributed by atoms with E-state index in [2.05, 4.69) is 25.6 Å². The first-order chi connectivity index (χ1) is 13.0. The summed E-state index contributed by atoms with van der Waals surface area (Å²) in [5.74, 6) is 1.47. The van der Waals surface area contributed by atoms with Crippen LogP contribution in [-0.2, 0) is 6.54 Å². The average Bonchev–Trinajstić information content (AvgIpc) is 3.01. The number of anilines is 3. The Bertz CT molecular complexity index is 888. The molecule has 0 radical (unpaired) electrons. The molecule has 27 heavy (non-hydrogen) atoms. The summed E-state index contributed by atoms with van der Waals surface area (Å²) in [6, 6.07) is 10.1. The molecule has 8 nitrogen and oxygen atoms in total. The van der Waals surface area contributed by atoms with E-state index in [9.17, 15) is 5.11 Å². The molecule has 3 aromatic rings. The van der Waals surface area contributed by atoms with Gasteiger partial charge >= 0.3 is 0 Å². The molecule has 2 aromatic heterocycles. The van der Waals surface area contributed by atoms with Gasteiger partial charge in [-0.1, -0.05) is 37.3 Å². The number of hydrogen-bond acceptors (Lipinski definition) is 7. The van der Waals surface area contributed by atoms with E-state index >= 15 is 0 Å². The molecule has 2 heterocycles. The number of aliphatic hydroxyl groups is 1. The highest BCUT2D eigenvalue weighted by Gasteiger charge is 2.19. The molecule has 0 spiro atoms. The summed E-state index contributed by atoms with van der Waals surface area (Å²) in [7, 11) is 0. The number of nitrogen functional groups attached to an aromatic ring is 1. The van der Waals surface area contributed by atoms with Crippen LogP contribution in [0, 0.1) is 0 Å². The molecule has 0 amide bonds. The molecule has 5 N–H and O–H groups in total. The van der Waals surface area contributed by atoms with E-state index in [1.54, 1.807) is 0 Å². The molecule has 0 bridgehead atoms. The van der Waals surface area contributed by atoms with Crippen LogP contribution in [-0.4, -0.2) is 37.3 Å². The van der Waals surface area contributed by atoms with Crippen LogP contribution in [0.4, 0.5) is 17.7 Å². The molecule has 8 heteroatoms. The van der Waals surface area contributed by atoms with Gasteiger partial charge in [-0.05, 0) is 25.8 Å². The summed E-state index contributed by atoms with van der Waals surface area (Å²) in [5, 5.41) is 16.0. The zero-order chi connectivity index (χ0) is 19.4. The second-order valence-electron chi connectivity index (χ2n) is 6.77. The highest BCUT2D eigenvalue weighted by molar-refractivity contribution is 5.86. The highest BCUT2D eigenvalue weighted by atomic mass is 16.3. The molecule has 0 saturated carbocycles. The molecule has 1 unspecified atom stereocenters. The Morgan fingerprint density at radius 2 is 1.89 bits per heavy atom. The summed E-state index contributed by atoms with van der Waals surface area (Å²) in [6.07, 6.45) is 0.760. The topological polar surface area (TPSA) is 114 Å². The minimum Gasteiger partial charge on any atom is -0.394 e. The fourth-order valence-electron chi connectivity index (χ4n) is 2.93. The van der Waals surface area contributed by atoms with Gasteiger partial charge in [0, 0.05) is 12.6 Å². The van der Waals surface area contributed by atoms with Crippen molar-refractivity contribution in [3.8, 4) is 0 Å². The van der Waals surface area contributed by atoms with Gasteiger partial charge in [-0.3, -0.25) is 4.57 Å². The molecule has 0 aliphatic heterocycles. The monoisotopic (exact) mass is 369 g/mol. The van der Waals surface area contributed by atoms with E-state index in [1.807, 2.05) is 55.7 Å². The fraction of sp³-hybridized carbons (Fsp3) is 0.421. The minimum absolute atomic E-state index is 0.0102. The Labute approximate surface area is 158 Å². The van der Waals surface area contributed by atoms with Gasteiger partial charge in [0.1, 0.15) is 0 Å². The molecule has 0 aliphatic carbocycles. The number of aliphatic hydroxyl groups excluding tert-OH is 1. The second-order valence-corrected chi connectivity index (χ2v) is 6.77. The standard InChI is InChI=1S/C19H27N7O/c1-4-14(11-27)22-19-24-16(21-10-13-8-6-5-7-9-13)15-17(25-19)26(12(2)3)18(20)23-15/h5-9,12,14,27H,4,10-11H2,1-3H3,(H2,20,23)(H2,21,22,24,25). The number of aromatic nitrogens is 4. The molecular weight excluding hydrogens is 342 g/mol. The smallest absolute Gasteiger partial charge is 0.227 e. The lowest BCUT2D eigenvalue weighted by molar-refractivity contribution is 0.271. The molecule has 3 rings (SSSR count). The van der Waals surface area contributed by atoms with Crippen LogP contribution in [0.1, 0.15) is 38.8 Å². The molecule has 1 aromatic carbocycles. The van der Waals surface area contributed by atoms with Crippen molar-refractivity contribution in [1.29, 1.82) is 0 Å². The van der Waals surface area contributed by atoms with Gasteiger partial charge in [0.05, 0.1) is 12.6 Å². The van der Waals surface area contributed by atoms with E-state index in [1.165, 1.54) is 0 Å². The van der Waals surface area contributed by atoms with Gasteiger partial charge in [-0.2, -0.15) is 9.97 Å². The SMILES string of the molecule is CCC(CO)Nc1nc(NCc2ccccc2)c2nc(N)n(C(C)C)c2n1. The first kappa shape index (κ1) is 18.9. The van der Waals surface area contributed by atoms with E-state index in [0.717, 1.165) is 12.0 Å². The molecule has 1 atom stereocenters. The van der Waals surface area contributed by atoms with E-state index in [4.69, 9.17) is 5.73 Å². The lowest BCUT2D eigenvalue weighted by Gasteiger charge is -2.16. The maximum Gasteiger partial charge on any atom is 0.227 e. The minimum atomic E-state index is -0.114. The summed E-state index contributed by atoms with van der Waals surface area (Å²) in [5.41, 5.74) is 8.57. The molecule has 0 saturated heterocycles. The Kier molecular flexibility index (Phi) is 5.75. The molecular formula is C19H27N7O. The van der Waals surface area contributed by atoms with E-state index in [-0.39, 0.29) is 18.7 Å². The van der Waals surface area contributed by atoms with Gasteiger partial charge in [0.25, 0.3) is 0 Å². The Hall–Kier alpha value is -2.87. The largest absolute Gasteiger partial charge is 0.394 e. The Morgan fingerprint density at radius 3 is 2.52 bits per heavy atom. The number of nitrogens with zero attached hydrogens (tertiary/aromatic N) is 4. The lowest BCUT2D eigenvalue weighted by atomic mass is 10.2. The number of hydrogen-bond donors (Lipinski definition) is 4. The van der Waals surface area contributed by atoms with Gasteiger partial charge in [-0.25, -0.2) is 4.98 Å². The van der Waals surface area contributed by atoms with Gasteiger partial charge in [0.2, 0.25) is 11.9 Å². The second kappa shape index (κ2) is 8.22. The van der Waals surface area contributed by atoms with Crippen molar-refractivity contribution in [2.24, 2.45) is 0 Å². The van der Waals surface area contributed by atoms with Crippen LogP contribution in [0.3, 0.4) is 0 Å². The van der Waals surface area contributed by atoms with Crippen LogP contribution in [0.2, 0.25) is 0 Å². The number of fused-ring (bicyclic) bond motifs is 1. The first-order valence-electron chi connectivity index (χ1n) is 9.24. The molecule has 0 aliphatic rings. The van der Waals surface area contributed by atoms with Crippen molar-refractivity contribution >= 4 is 28.9 Å². The fourth-order valence-corrected chi connectivity index (χ4v) is 2.93. The van der Waals surface area contributed by atoms with Crippen molar-refractivity contribution < 1.29 is 5.11 Å². The first-order valence-corrected chi connectivity index (χ1v) is 9.24. The Balaban J connectivity index is 2.02. The zero-order valence-corrected chi connectivity index (χ0v) is 16.0. The maximum absolute atomic E-state index is 9.50. The highest BCUT2D eigenvalue weighted by Crippen LogP contribution is 2.27. The lowest BCUT2D eigenvalue weighted by Crippen LogP contribution is -2.24. The van der Waals surface area contributed by atoms with Crippen molar-refractivity contribution in [3.05, 3.63) is 35.9 Å². The van der Waals surface area contributed by atoms with Crippen LogP contribution in [0.15, 0.2) is 30.3 Å². The third kappa shape index (κ3) is 4.11. The van der Waals surface area contributed by atoms with Crippen LogP contribution in [0.25, 0.3) is 11.2 Å². The summed E-state index contributed by atoms with van der Waals surface area (Å²) in [6.45, 7) is 6.68. The number of nitrogens with two attached hydrogens (primary N) is 1. The quantitative estimate of drug-likeness (QED) is 0.483. The molecule has 144 valence electrons. The third-order valence-corrected chi connectivity index (χ3v) is 4.43. The summed E-state index contributed by atoms with van der Waals surface area (Å²) >= 11 is 0. The molecule has 0 fully saturated rings. The number of benzene rings is 1.